The summed E-state index contributed by atoms with van der Waals surface area (Å²) in [7, 11) is 1.74. The minimum Gasteiger partial charge on any atom is -0.489 e. The maximum atomic E-state index is 13.1. The van der Waals surface area contributed by atoms with Crippen molar-refractivity contribution < 1.29 is 13.9 Å². The highest BCUT2D eigenvalue weighted by Gasteiger charge is 2.15. The lowest BCUT2D eigenvalue weighted by Crippen LogP contribution is -2.42. The summed E-state index contributed by atoms with van der Waals surface area (Å²) in [6, 6.07) is 6.16. The Labute approximate surface area is 160 Å². The van der Waals surface area contributed by atoms with Gasteiger partial charge in [0.15, 0.2) is 5.96 Å². The molecule has 2 N–H and O–H groups in total. The minimum atomic E-state index is -0.297. The number of guanidine groups is 1. The number of nitrogens with one attached hydrogen (secondary N) is 2. The molecule has 1 aliphatic rings. The van der Waals surface area contributed by atoms with Crippen LogP contribution in [-0.4, -0.2) is 44.9 Å². The van der Waals surface area contributed by atoms with Crippen LogP contribution in [0.2, 0.25) is 0 Å². The lowest BCUT2D eigenvalue weighted by molar-refractivity contribution is 0.105. The third kappa shape index (κ3) is 7.65. The van der Waals surface area contributed by atoms with Gasteiger partial charge in [-0.3, -0.25) is 4.99 Å². The molecule has 24 heavy (non-hydrogen) atoms. The summed E-state index contributed by atoms with van der Waals surface area (Å²) < 4.78 is 24.4. The summed E-state index contributed by atoms with van der Waals surface area (Å²) in [5, 5.41) is 6.48. The molecular weight excluding hydrogens is 424 g/mol. The molecule has 7 heteroatoms. The van der Waals surface area contributed by atoms with Crippen LogP contribution in [-0.2, 0) is 4.74 Å². The van der Waals surface area contributed by atoms with Crippen LogP contribution in [0.4, 0.5) is 4.39 Å². The van der Waals surface area contributed by atoms with E-state index in [4.69, 9.17) is 9.47 Å². The highest BCUT2D eigenvalue weighted by atomic mass is 127. The van der Waals surface area contributed by atoms with Crippen LogP contribution in [0, 0.1) is 5.82 Å². The summed E-state index contributed by atoms with van der Waals surface area (Å²) in [5.74, 6) is 0.965. The third-order valence-electron chi connectivity index (χ3n) is 3.70. The molecule has 5 nitrogen and oxygen atoms in total. The van der Waals surface area contributed by atoms with E-state index in [0.717, 1.165) is 38.4 Å². The molecule has 136 valence electrons. The van der Waals surface area contributed by atoms with Crippen LogP contribution in [0.25, 0.3) is 0 Å². The van der Waals surface area contributed by atoms with E-state index in [1.807, 2.05) is 6.92 Å². The van der Waals surface area contributed by atoms with Gasteiger partial charge in [0.25, 0.3) is 0 Å². The fourth-order valence-electron chi connectivity index (χ4n) is 2.50. The molecule has 0 aromatic heterocycles. The first-order valence-electron chi connectivity index (χ1n) is 8.15. The molecule has 0 amide bonds. The molecule has 2 unspecified atom stereocenters. The summed E-state index contributed by atoms with van der Waals surface area (Å²) >= 11 is 0. The predicted octanol–water partition coefficient (Wildman–Crippen LogP) is 2.95. The number of nitrogens with zero attached hydrogens (tertiary/aromatic N) is 1. The molecule has 1 heterocycles. The Morgan fingerprint density at radius 2 is 2.29 bits per heavy atom. The van der Waals surface area contributed by atoms with Crippen molar-refractivity contribution in [3.8, 4) is 5.75 Å². The number of ether oxygens (including phenoxy) is 2. The SMILES string of the molecule is CN=C(NCCC1CCCO1)NCC(C)Oc1cccc(F)c1.I. The number of benzene rings is 1. The van der Waals surface area contributed by atoms with Crippen LogP contribution < -0.4 is 15.4 Å². The van der Waals surface area contributed by atoms with Crippen molar-refractivity contribution in [3.05, 3.63) is 30.1 Å². The smallest absolute Gasteiger partial charge is 0.191 e. The molecule has 2 atom stereocenters. The van der Waals surface area contributed by atoms with Crippen molar-refractivity contribution in [2.75, 3.05) is 26.7 Å². The molecule has 1 aliphatic heterocycles. The molecule has 1 saturated heterocycles. The van der Waals surface area contributed by atoms with Gasteiger partial charge in [-0.05, 0) is 38.3 Å². The standard InChI is InChI=1S/C17H26FN3O2.HI/c1-13(23-16-6-3-5-14(18)11-16)12-21-17(19-2)20-9-8-15-7-4-10-22-15;/h3,5-6,11,13,15H,4,7-10,12H2,1-2H3,(H2,19,20,21);1H. The normalized spacial score (nSPS) is 18.6. The van der Waals surface area contributed by atoms with Gasteiger partial charge in [0.1, 0.15) is 17.7 Å². The second-order valence-corrected chi connectivity index (χ2v) is 5.69. The number of hydrogen-bond donors (Lipinski definition) is 2. The summed E-state index contributed by atoms with van der Waals surface area (Å²) in [6.45, 7) is 4.21. The van der Waals surface area contributed by atoms with Crippen molar-refractivity contribution in [2.24, 2.45) is 4.99 Å². The van der Waals surface area contributed by atoms with E-state index in [2.05, 4.69) is 15.6 Å². The van der Waals surface area contributed by atoms with E-state index in [0.29, 0.717) is 18.4 Å². The van der Waals surface area contributed by atoms with Gasteiger partial charge >= 0.3 is 0 Å². The van der Waals surface area contributed by atoms with Crippen LogP contribution >= 0.6 is 24.0 Å². The molecule has 0 radical (unpaired) electrons. The molecular formula is C17H27FIN3O2. The first-order chi connectivity index (χ1) is 11.2. The quantitative estimate of drug-likeness (QED) is 0.381. The van der Waals surface area contributed by atoms with Gasteiger partial charge in [-0.25, -0.2) is 4.39 Å². The topological polar surface area (TPSA) is 54.9 Å². The zero-order valence-corrected chi connectivity index (χ0v) is 16.6. The second-order valence-electron chi connectivity index (χ2n) is 5.69. The first-order valence-corrected chi connectivity index (χ1v) is 8.15. The first kappa shape index (κ1) is 21.0. The van der Waals surface area contributed by atoms with E-state index in [1.54, 1.807) is 19.2 Å². The molecule has 1 aromatic rings. The van der Waals surface area contributed by atoms with Gasteiger partial charge in [0.05, 0.1) is 12.6 Å². The average molecular weight is 451 g/mol. The van der Waals surface area contributed by atoms with Crippen molar-refractivity contribution >= 4 is 29.9 Å². The van der Waals surface area contributed by atoms with Crippen LogP contribution in [0.5, 0.6) is 5.75 Å². The number of rotatable bonds is 7. The van der Waals surface area contributed by atoms with Crippen molar-refractivity contribution in [3.63, 3.8) is 0 Å². The van der Waals surface area contributed by atoms with E-state index in [1.165, 1.54) is 12.1 Å². The largest absolute Gasteiger partial charge is 0.489 e. The minimum absolute atomic E-state index is 0. The predicted molar refractivity (Wildman–Crippen MR) is 105 cm³/mol. The zero-order valence-electron chi connectivity index (χ0n) is 14.3. The number of halogens is 2. The third-order valence-corrected chi connectivity index (χ3v) is 3.70. The molecule has 0 saturated carbocycles. The Hall–Kier alpha value is -1.09. The number of aliphatic imine (C=N–C) groups is 1. The fourth-order valence-corrected chi connectivity index (χ4v) is 2.50. The fraction of sp³-hybridized carbons (Fsp3) is 0.588. The molecule has 0 spiro atoms. The Bertz CT molecular complexity index is 510. The van der Waals surface area contributed by atoms with E-state index in [9.17, 15) is 4.39 Å². The van der Waals surface area contributed by atoms with E-state index >= 15 is 0 Å². The summed E-state index contributed by atoms with van der Waals surface area (Å²) in [5.41, 5.74) is 0. The maximum Gasteiger partial charge on any atom is 0.191 e. The maximum absolute atomic E-state index is 13.1. The Morgan fingerprint density at radius 1 is 1.46 bits per heavy atom. The van der Waals surface area contributed by atoms with Gasteiger partial charge in [-0.15, -0.1) is 24.0 Å². The zero-order chi connectivity index (χ0) is 16.5. The van der Waals surface area contributed by atoms with Gasteiger partial charge in [-0.2, -0.15) is 0 Å². The van der Waals surface area contributed by atoms with Crippen molar-refractivity contribution in [1.29, 1.82) is 0 Å². The van der Waals surface area contributed by atoms with Gasteiger partial charge in [-0.1, -0.05) is 6.07 Å². The van der Waals surface area contributed by atoms with Gasteiger partial charge < -0.3 is 20.1 Å². The van der Waals surface area contributed by atoms with E-state index < -0.39 is 0 Å². The lowest BCUT2D eigenvalue weighted by Gasteiger charge is -2.18. The van der Waals surface area contributed by atoms with Gasteiger partial charge in [0.2, 0.25) is 0 Å². The van der Waals surface area contributed by atoms with Gasteiger partial charge in [0, 0.05) is 26.3 Å². The Balaban J connectivity index is 0.00000288. The highest BCUT2D eigenvalue weighted by molar-refractivity contribution is 14.0. The highest BCUT2D eigenvalue weighted by Crippen LogP contribution is 2.14. The summed E-state index contributed by atoms with van der Waals surface area (Å²) in [4.78, 5) is 4.18. The van der Waals surface area contributed by atoms with Crippen LogP contribution in [0.15, 0.2) is 29.3 Å². The van der Waals surface area contributed by atoms with Crippen molar-refractivity contribution in [2.45, 2.75) is 38.4 Å². The molecule has 2 rings (SSSR count). The number of hydrogen-bond acceptors (Lipinski definition) is 3. The second kappa shape index (κ2) is 11.5. The van der Waals surface area contributed by atoms with E-state index in [-0.39, 0.29) is 35.9 Å². The molecule has 1 fully saturated rings. The lowest BCUT2D eigenvalue weighted by atomic mass is 10.2. The van der Waals surface area contributed by atoms with Crippen LogP contribution in [0.3, 0.4) is 0 Å². The Kier molecular flexibility index (Phi) is 10.0. The average Bonchev–Trinajstić information content (AvgIpc) is 3.04. The summed E-state index contributed by atoms with van der Waals surface area (Å²) in [6.07, 6.45) is 3.55. The molecule has 0 aliphatic carbocycles. The Morgan fingerprint density at radius 3 is 2.96 bits per heavy atom. The molecule has 0 bridgehead atoms. The monoisotopic (exact) mass is 451 g/mol. The van der Waals surface area contributed by atoms with Crippen molar-refractivity contribution in [1.82, 2.24) is 10.6 Å². The molecule has 1 aromatic carbocycles. The van der Waals surface area contributed by atoms with Crippen LogP contribution in [0.1, 0.15) is 26.2 Å².